The van der Waals surface area contributed by atoms with Crippen LogP contribution in [0.25, 0.3) is 0 Å². The lowest BCUT2D eigenvalue weighted by molar-refractivity contribution is 0.608. The summed E-state index contributed by atoms with van der Waals surface area (Å²) in [5, 5.41) is 3.24. The maximum absolute atomic E-state index is 13.7. The van der Waals surface area contributed by atoms with E-state index in [-0.39, 0.29) is 11.9 Å². The third kappa shape index (κ3) is 3.04. The van der Waals surface area contributed by atoms with E-state index < -0.39 is 0 Å². The second kappa shape index (κ2) is 5.85. The van der Waals surface area contributed by atoms with Gasteiger partial charge in [-0.1, -0.05) is 40.2 Å². The molecule has 0 spiro atoms. The molecule has 1 unspecified atom stereocenters. The Morgan fingerprint density at radius 3 is 2.42 bits per heavy atom. The molecular weight excluding hydrogens is 305 g/mol. The van der Waals surface area contributed by atoms with Crippen LogP contribution in [0.2, 0.25) is 0 Å². The number of benzene rings is 2. The summed E-state index contributed by atoms with van der Waals surface area (Å²) in [5.74, 6) is -0.166. The molecular formula is C16H17BrFN. The summed E-state index contributed by atoms with van der Waals surface area (Å²) in [7, 11) is 1.88. The quantitative estimate of drug-likeness (QED) is 0.876. The van der Waals surface area contributed by atoms with E-state index in [1.807, 2.05) is 19.2 Å². The Morgan fingerprint density at radius 1 is 1.11 bits per heavy atom. The van der Waals surface area contributed by atoms with Crippen LogP contribution in [0.5, 0.6) is 0 Å². The summed E-state index contributed by atoms with van der Waals surface area (Å²) in [5.41, 5.74) is 3.90. The van der Waals surface area contributed by atoms with Gasteiger partial charge in [-0.05, 0) is 55.3 Å². The Morgan fingerprint density at radius 2 is 1.84 bits per heavy atom. The summed E-state index contributed by atoms with van der Waals surface area (Å²) in [6, 6.07) is 11.6. The molecule has 1 N–H and O–H groups in total. The molecule has 1 atom stereocenters. The SMILES string of the molecule is CNC(c1ccc(C)c(F)c1)c1ccc(C)cc1Br. The fraction of sp³-hybridized carbons (Fsp3) is 0.250. The van der Waals surface area contributed by atoms with Crippen LogP contribution in [0.4, 0.5) is 4.39 Å². The van der Waals surface area contributed by atoms with Gasteiger partial charge in [0.25, 0.3) is 0 Å². The third-order valence-corrected chi connectivity index (χ3v) is 3.97. The van der Waals surface area contributed by atoms with Crippen LogP contribution in [0.1, 0.15) is 28.3 Å². The molecule has 2 aromatic carbocycles. The minimum atomic E-state index is -0.166. The van der Waals surface area contributed by atoms with Crippen molar-refractivity contribution in [3.63, 3.8) is 0 Å². The molecule has 2 rings (SSSR count). The first-order valence-electron chi connectivity index (χ1n) is 6.22. The number of aryl methyl sites for hydroxylation is 2. The van der Waals surface area contributed by atoms with Gasteiger partial charge >= 0.3 is 0 Å². The lowest BCUT2D eigenvalue weighted by Gasteiger charge is -2.19. The molecule has 0 amide bonds. The summed E-state index contributed by atoms with van der Waals surface area (Å²) in [6.07, 6.45) is 0. The normalized spacial score (nSPS) is 12.5. The Labute approximate surface area is 122 Å². The first kappa shape index (κ1) is 14.2. The minimum absolute atomic E-state index is 0.0231. The van der Waals surface area contributed by atoms with Gasteiger partial charge in [0.15, 0.2) is 0 Å². The van der Waals surface area contributed by atoms with E-state index >= 15 is 0 Å². The van der Waals surface area contributed by atoms with Crippen molar-refractivity contribution in [1.29, 1.82) is 0 Å². The largest absolute Gasteiger partial charge is 0.309 e. The lowest BCUT2D eigenvalue weighted by Crippen LogP contribution is -2.18. The molecule has 0 bridgehead atoms. The highest BCUT2D eigenvalue weighted by atomic mass is 79.9. The van der Waals surface area contributed by atoms with Gasteiger partial charge in [0.2, 0.25) is 0 Å². The van der Waals surface area contributed by atoms with Crippen LogP contribution in [0.3, 0.4) is 0 Å². The standard InChI is InChI=1S/C16H17BrFN/c1-10-4-7-13(14(17)8-10)16(19-3)12-6-5-11(2)15(18)9-12/h4-9,16,19H,1-3H3. The predicted molar refractivity (Wildman–Crippen MR) is 80.9 cm³/mol. The van der Waals surface area contributed by atoms with Crippen LogP contribution in [-0.4, -0.2) is 7.05 Å². The monoisotopic (exact) mass is 321 g/mol. The van der Waals surface area contributed by atoms with E-state index in [0.717, 1.165) is 15.6 Å². The fourth-order valence-electron chi connectivity index (χ4n) is 2.16. The van der Waals surface area contributed by atoms with Gasteiger partial charge in [0.05, 0.1) is 6.04 Å². The smallest absolute Gasteiger partial charge is 0.126 e. The number of halogens is 2. The van der Waals surface area contributed by atoms with E-state index in [0.29, 0.717) is 5.56 Å². The highest BCUT2D eigenvalue weighted by Gasteiger charge is 2.16. The van der Waals surface area contributed by atoms with Crippen molar-refractivity contribution in [1.82, 2.24) is 5.32 Å². The molecule has 0 aliphatic heterocycles. The molecule has 100 valence electrons. The number of rotatable bonds is 3. The van der Waals surface area contributed by atoms with Crippen molar-refractivity contribution < 1.29 is 4.39 Å². The highest BCUT2D eigenvalue weighted by Crippen LogP contribution is 2.29. The van der Waals surface area contributed by atoms with Gasteiger partial charge in [-0.3, -0.25) is 0 Å². The molecule has 0 aliphatic carbocycles. The van der Waals surface area contributed by atoms with Crippen LogP contribution < -0.4 is 5.32 Å². The van der Waals surface area contributed by atoms with Gasteiger partial charge < -0.3 is 5.32 Å². The molecule has 0 aliphatic rings. The molecule has 3 heteroatoms. The second-order valence-corrected chi connectivity index (χ2v) is 5.61. The van der Waals surface area contributed by atoms with Crippen molar-refractivity contribution in [2.45, 2.75) is 19.9 Å². The van der Waals surface area contributed by atoms with Crippen molar-refractivity contribution >= 4 is 15.9 Å². The Bertz CT molecular complexity index is 595. The molecule has 2 aromatic rings. The van der Waals surface area contributed by atoms with E-state index in [9.17, 15) is 4.39 Å². The van der Waals surface area contributed by atoms with Crippen molar-refractivity contribution in [3.05, 3.63) is 68.9 Å². The molecule has 0 radical (unpaired) electrons. The first-order chi connectivity index (χ1) is 9.02. The Hall–Kier alpha value is -1.19. The summed E-state index contributed by atoms with van der Waals surface area (Å²) >= 11 is 3.59. The zero-order valence-corrected chi connectivity index (χ0v) is 12.9. The van der Waals surface area contributed by atoms with Gasteiger partial charge in [-0.15, -0.1) is 0 Å². The Kier molecular flexibility index (Phi) is 4.38. The van der Waals surface area contributed by atoms with E-state index in [2.05, 4.69) is 46.4 Å². The number of hydrogen-bond acceptors (Lipinski definition) is 1. The molecule has 1 nitrogen and oxygen atoms in total. The maximum Gasteiger partial charge on any atom is 0.126 e. The molecule has 0 heterocycles. The van der Waals surface area contributed by atoms with Gasteiger partial charge in [0, 0.05) is 4.47 Å². The molecule has 19 heavy (non-hydrogen) atoms. The summed E-state index contributed by atoms with van der Waals surface area (Å²) < 4.78 is 14.8. The fourth-order valence-corrected chi connectivity index (χ4v) is 2.88. The average molecular weight is 322 g/mol. The molecule has 0 fully saturated rings. The van der Waals surface area contributed by atoms with Gasteiger partial charge in [-0.25, -0.2) is 4.39 Å². The Balaban J connectivity index is 2.46. The number of hydrogen-bond donors (Lipinski definition) is 1. The zero-order valence-electron chi connectivity index (χ0n) is 11.3. The average Bonchev–Trinajstić information content (AvgIpc) is 2.37. The van der Waals surface area contributed by atoms with Crippen molar-refractivity contribution in [2.75, 3.05) is 7.05 Å². The highest BCUT2D eigenvalue weighted by molar-refractivity contribution is 9.10. The van der Waals surface area contributed by atoms with Crippen LogP contribution in [0.15, 0.2) is 40.9 Å². The van der Waals surface area contributed by atoms with E-state index in [4.69, 9.17) is 0 Å². The van der Waals surface area contributed by atoms with E-state index in [1.165, 1.54) is 5.56 Å². The molecule has 0 saturated heterocycles. The van der Waals surface area contributed by atoms with Crippen LogP contribution in [0, 0.1) is 19.7 Å². The first-order valence-corrected chi connectivity index (χ1v) is 7.01. The van der Waals surface area contributed by atoms with Gasteiger partial charge in [0.1, 0.15) is 5.82 Å². The minimum Gasteiger partial charge on any atom is -0.309 e. The van der Waals surface area contributed by atoms with Crippen LogP contribution in [-0.2, 0) is 0 Å². The van der Waals surface area contributed by atoms with Crippen molar-refractivity contribution in [2.24, 2.45) is 0 Å². The third-order valence-electron chi connectivity index (χ3n) is 3.28. The maximum atomic E-state index is 13.7. The lowest BCUT2D eigenvalue weighted by atomic mass is 9.97. The predicted octanol–water partition coefficient (Wildman–Crippen LogP) is 4.51. The number of nitrogens with one attached hydrogen (secondary N) is 1. The summed E-state index contributed by atoms with van der Waals surface area (Å²) in [6.45, 7) is 3.82. The van der Waals surface area contributed by atoms with Gasteiger partial charge in [-0.2, -0.15) is 0 Å². The summed E-state index contributed by atoms with van der Waals surface area (Å²) in [4.78, 5) is 0. The molecule has 0 saturated carbocycles. The van der Waals surface area contributed by atoms with Crippen molar-refractivity contribution in [3.8, 4) is 0 Å². The molecule has 0 aromatic heterocycles. The zero-order chi connectivity index (χ0) is 14.0. The topological polar surface area (TPSA) is 12.0 Å². The van der Waals surface area contributed by atoms with Crippen LogP contribution >= 0.6 is 15.9 Å². The van der Waals surface area contributed by atoms with E-state index in [1.54, 1.807) is 13.0 Å². The second-order valence-electron chi connectivity index (χ2n) is 4.76.